The second kappa shape index (κ2) is 7.74. The van der Waals surface area contributed by atoms with Gasteiger partial charge in [0.05, 0.1) is 11.9 Å². The summed E-state index contributed by atoms with van der Waals surface area (Å²) in [6.07, 6.45) is 1.49. The second-order valence-electron chi connectivity index (χ2n) is 6.27. The predicted octanol–water partition coefficient (Wildman–Crippen LogP) is 3.07. The molecule has 6 heteroatoms. The highest BCUT2D eigenvalue weighted by atomic mass is 16.2. The van der Waals surface area contributed by atoms with E-state index in [1.165, 1.54) is 11.8 Å². The minimum atomic E-state index is -0.559. The molecule has 0 saturated carbocycles. The molecule has 1 N–H and O–H groups in total. The molecule has 0 aliphatic heterocycles. The van der Waals surface area contributed by atoms with E-state index >= 15 is 0 Å². The van der Waals surface area contributed by atoms with Gasteiger partial charge in [0.2, 0.25) is 5.91 Å². The van der Waals surface area contributed by atoms with Gasteiger partial charge in [0.25, 0.3) is 0 Å². The number of nitrogens with one attached hydrogen (secondary N) is 1. The number of hydrogen-bond acceptors (Lipinski definition) is 4. The van der Waals surface area contributed by atoms with Crippen LogP contribution in [0.2, 0.25) is 0 Å². The molecular formula is C20H20N4O2. The molecule has 3 rings (SSSR count). The highest BCUT2D eigenvalue weighted by Crippen LogP contribution is 2.17. The molecule has 6 nitrogen and oxygen atoms in total. The van der Waals surface area contributed by atoms with E-state index in [0.29, 0.717) is 17.3 Å². The molecule has 0 saturated heterocycles. The van der Waals surface area contributed by atoms with Crippen molar-refractivity contribution in [3.05, 3.63) is 76.8 Å². The van der Waals surface area contributed by atoms with E-state index in [1.54, 1.807) is 0 Å². The highest BCUT2D eigenvalue weighted by molar-refractivity contribution is 5.90. The Morgan fingerprint density at radius 1 is 1.08 bits per heavy atom. The van der Waals surface area contributed by atoms with Crippen molar-refractivity contribution in [2.75, 3.05) is 5.32 Å². The Hall–Kier alpha value is -3.28. The van der Waals surface area contributed by atoms with Crippen LogP contribution in [0.25, 0.3) is 11.3 Å². The highest BCUT2D eigenvalue weighted by Gasteiger charge is 2.09. The van der Waals surface area contributed by atoms with E-state index in [4.69, 9.17) is 0 Å². The van der Waals surface area contributed by atoms with Gasteiger partial charge in [-0.15, -0.1) is 0 Å². The summed E-state index contributed by atoms with van der Waals surface area (Å²) < 4.78 is 1.05. The molecule has 0 fully saturated rings. The van der Waals surface area contributed by atoms with Gasteiger partial charge in [-0.3, -0.25) is 4.79 Å². The summed E-state index contributed by atoms with van der Waals surface area (Å²) in [5.74, 6) is 0.0999. The van der Waals surface area contributed by atoms with Crippen molar-refractivity contribution in [2.24, 2.45) is 0 Å². The first-order chi connectivity index (χ1) is 12.5. The SMILES string of the molecule is CC(C)c1ccc(NC(=O)Cn2ncc(-c3ccccc3)nc2=O)cc1. The van der Waals surface area contributed by atoms with E-state index < -0.39 is 5.69 Å². The number of rotatable bonds is 5. The molecule has 0 radical (unpaired) electrons. The second-order valence-corrected chi connectivity index (χ2v) is 6.27. The lowest BCUT2D eigenvalue weighted by molar-refractivity contribution is -0.117. The van der Waals surface area contributed by atoms with Gasteiger partial charge in [0.1, 0.15) is 6.54 Å². The molecule has 0 unspecified atom stereocenters. The summed E-state index contributed by atoms with van der Waals surface area (Å²) in [4.78, 5) is 28.3. The standard InChI is InChI=1S/C20H20N4O2/c1-14(2)15-8-10-17(11-9-15)22-19(25)13-24-20(26)23-18(12-21-24)16-6-4-3-5-7-16/h3-12,14H,13H2,1-2H3,(H,22,25). The van der Waals surface area contributed by atoms with Crippen molar-refractivity contribution in [2.45, 2.75) is 26.3 Å². The summed E-state index contributed by atoms with van der Waals surface area (Å²) in [6, 6.07) is 16.9. The largest absolute Gasteiger partial charge is 0.365 e. The number of carbonyl (C=O) groups is 1. The molecule has 3 aromatic rings. The maximum absolute atomic E-state index is 12.2. The molecule has 0 atom stereocenters. The van der Waals surface area contributed by atoms with Gasteiger partial charge in [-0.1, -0.05) is 56.3 Å². The molecule has 0 aliphatic carbocycles. The Labute approximate surface area is 151 Å². The minimum Gasteiger partial charge on any atom is -0.324 e. The first kappa shape index (κ1) is 17.5. The number of hydrogen-bond donors (Lipinski definition) is 1. The van der Waals surface area contributed by atoms with Gasteiger partial charge >= 0.3 is 5.69 Å². The zero-order valence-electron chi connectivity index (χ0n) is 14.7. The van der Waals surface area contributed by atoms with Gasteiger partial charge in [-0.2, -0.15) is 10.1 Å². The summed E-state index contributed by atoms with van der Waals surface area (Å²) in [5, 5.41) is 6.82. The number of aromatic nitrogens is 3. The quantitative estimate of drug-likeness (QED) is 0.769. The molecule has 132 valence electrons. The number of amides is 1. The van der Waals surface area contributed by atoms with Crippen LogP contribution in [0.4, 0.5) is 5.69 Å². The number of benzene rings is 2. The molecule has 1 aromatic heterocycles. The smallest absolute Gasteiger partial charge is 0.324 e. The molecule has 2 aromatic carbocycles. The van der Waals surface area contributed by atoms with Gasteiger partial charge in [-0.25, -0.2) is 9.48 Å². The lowest BCUT2D eigenvalue weighted by Crippen LogP contribution is -2.31. The Bertz CT molecular complexity index is 948. The van der Waals surface area contributed by atoms with E-state index in [0.717, 1.165) is 10.2 Å². The average Bonchev–Trinajstić information content (AvgIpc) is 2.64. The third kappa shape index (κ3) is 4.22. The summed E-state index contributed by atoms with van der Waals surface area (Å²) in [6.45, 7) is 4.03. The van der Waals surface area contributed by atoms with Crippen LogP contribution < -0.4 is 11.0 Å². The molecular weight excluding hydrogens is 328 g/mol. The predicted molar refractivity (Wildman–Crippen MR) is 101 cm³/mol. The van der Waals surface area contributed by atoms with E-state index in [9.17, 15) is 9.59 Å². The minimum absolute atomic E-state index is 0.188. The number of anilines is 1. The van der Waals surface area contributed by atoms with Crippen molar-refractivity contribution in [3.63, 3.8) is 0 Å². The topological polar surface area (TPSA) is 76.9 Å². The third-order valence-electron chi connectivity index (χ3n) is 3.98. The van der Waals surface area contributed by atoms with Gasteiger partial charge in [0, 0.05) is 11.3 Å². The molecule has 26 heavy (non-hydrogen) atoms. The van der Waals surface area contributed by atoms with Crippen molar-refractivity contribution >= 4 is 11.6 Å². The Kier molecular flexibility index (Phi) is 5.22. The van der Waals surface area contributed by atoms with Crippen LogP contribution in [0.1, 0.15) is 25.3 Å². The molecule has 1 amide bonds. The van der Waals surface area contributed by atoms with Crippen LogP contribution in [0.5, 0.6) is 0 Å². The number of nitrogens with zero attached hydrogens (tertiary/aromatic N) is 3. The van der Waals surface area contributed by atoms with Crippen molar-refractivity contribution in [3.8, 4) is 11.3 Å². The number of carbonyl (C=O) groups excluding carboxylic acids is 1. The summed E-state index contributed by atoms with van der Waals surface area (Å²) in [5.41, 5.74) is 2.61. The van der Waals surface area contributed by atoms with Crippen LogP contribution in [0, 0.1) is 0 Å². The van der Waals surface area contributed by atoms with E-state index in [2.05, 4.69) is 29.2 Å². The maximum atomic E-state index is 12.2. The Morgan fingerprint density at radius 3 is 2.38 bits per heavy atom. The normalized spacial score (nSPS) is 10.7. The van der Waals surface area contributed by atoms with Crippen molar-refractivity contribution in [1.29, 1.82) is 0 Å². The first-order valence-corrected chi connectivity index (χ1v) is 8.42. The lowest BCUT2D eigenvalue weighted by atomic mass is 10.0. The van der Waals surface area contributed by atoms with Crippen LogP contribution in [-0.4, -0.2) is 20.7 Å². The monoisotopic (exact) mass is 348 g/mol. The third-order valence-corrected chi connectivity index (χ3v) is 3.98. The van der Waals surface area contributed by atoms with Gasteiger partial charge in [0.15, 0.2) is 0 Å². The Balaban J connectivity index is 1.68. The Morgan fingerprint density at radius 2 is 1.77 bits per heavy atom. The van der Waals surface area contributed by atoms with E-state index in [1.807, 2.05) is 54.6 Å². The summed E-state index contributed by atoms with van der Waals surface area (Å²) >= 11 is 0. The van der Waals surface area contributed by atoms with Crippen LogP contribution in [-0.2, 0) is 11.3 Å². The van der Waals surface area contributed by atoms with Crippen LogP contribution in [0.3, 0.4) is 0 Å². The van der Waals surface area contributed by atoms with Gasteiger partial charge < -0.3 is 5.32 Å². The van der Waals surface area contributed by atoms with Crippen LogP contribution >= 0.6 is 0 Å². The first-order valence-electron chi connectivity index (χ1n) is 8.42. The molecule has 0 spiro atoms. The van der Waals surface area contributed by atoms with Crippen molar-refractivity contribution < 1.29 is 4.79 Å². The fraction of sp³-hybridized carbons (Fsp3) is 0.200. The van der Waals surface area contributed by atoms with Crippen molar-refractivity contribution in [1.82, 2.24) is 14.8 Å². The zero-order chi connectivity index (χ0) is 18.5. The van der Waals surface area contributed by atoms with Crippen LogP contribution in [0.15, 0.2) is 65.6 Å². The fourth-order valence-corrected chi connectivity index (χ4v) is 2.51. The molecule has 0 bridgehead atoms. The lowest BCUT2D eigenvalue weighted by Gasteiger charge is -2.09. The fourth-order valence-electron chi connectivity index (χ4n) is 2.51. The summed E-state index contributed by atoms with van der Waals surface area (Å²) in [7, 11) is 0. The van der Waals surface area contributed by atoms with Gasteiger partial charge in [-0.05, 0) is 23.6 Å². The molecule has 1 heterocycles. The maximum Gasteiger partial charge on any atom is 0.365 e. The molecule has 0 aliphatic rings. The zero-order valence-corrected chi connectivity index (χ0v) is 14.7. The van der Waals surface area contributed by atoms with E-state index in [-0.39, 0.29) is 12.5 Å². The average molecular weight is 348 g/mol.